The normalized spacial score (nSPS) is 22.4. The molecule has 1 aromatic rings. The van der Waals surface area contributed by atoms with Crippen molar-refractivity contribution in [2.75, 3.05) is 26.2 Å². The molecule has 1 aliphatic heterocycles. The molecule has 0 aromatic heterocycles. The Balaban J connectivity index is 1.43. The Morgan fingerprint density at radius 1 is 0.929 bits per heavy atom. The fourth-order valence-corrected chi connectivity index (χ4v) is 4.59. The van der Waals surface area contributed by atoms with Gasteiger partial charge in [-0.25, -0.2) is 0 Å². The van der Waals surface area contributed by atoms with Crippen LogP contribution in [0.15, 0.2) is 64.9 Å². The standard InChI is InChI=1S/C24H26N4/c25-16-23(17-26)21-7-6-20-8-9-24(15-22(20)14-21)28-12-10-27(11-13-28)18-19-4-2-1-3-5-19/h1-5,14-15,20H,6-13,18H2. The van der Waals surface area contributed by atoms with Gasteiger partial charge in [0, 0.05) is 38.4 Å². The molecule has 0 amide bonds. The van der Waals surface area contributed by atoms with Gasteiger partial charge < -0.3 is 4.90 Å². The summed E-state index contributed by atoms with van der Waals surface area (Å²) in [5, 5.41) is 18.3. The van der Waals surface area contributed by atoms with Gasteiger partial charge in [-0.15, -0.1) is 0 Å². The molecule has 142 valence electrons. The molecule has 1 fully saturated rings. The zero-order valence-electron chi connectivity index (χ0n) is 16.3. The van der Waals surface area contributed by atoms with Gasteiger partial charge in [0.2, 0.25) is 0 Å². The quantitative estimate of drug-likeness (QED) is 0.750. The van der Waals surface area contributed by atoms with Crippen molar-refractivity contribution in [1.82, 2.24) is 9.80 Å². The van der Waals surface area contributed by atoms with Crippen molar-refractivity contribution in [2.45, 2.75) is 32.2 Å². The van der Waals surface area contributed by atoms with Gasteiger partial charge >= 0.3 is 0 Å². The summed E-state index contributed by atoms with van der Waals surface area (Å²) in [4.78, 5) is 5.07. The van der Waals surface area contributed by atoms with Gasteiger partial charge in [-0.3, -0.25) is 4.90 Å². The van der Waals surface area contributed by atoms with Crippen LogP contribution in [-0.2, 0) is 6.54 Å². The molecule has 1 heterocycles. The maximum Gasteiger partial charge on any atom is 0.132 e. The summed E-state index contributed by atoms with van der Waals surface area (Å²) in [6, 6.07) is 14.8. The molecular weight excluding hydrogens is 344 g/mol. The smallest absolute Gasteiger partial charge is 0.132 e. The second-order valence-electron chi connectivity index (χ2n) is 7.93. The molecular formula is C24H26N4. The monoisotopic (exact) mass is 370 g/mol. The second-order valence-corrected chi connectivity index (χ2v) is 7.93. The van der Waals surface area contributed by atoms with Gasteiger partial charge in [0.1, 0.15) is 17.7 Å². The molecule has 1 aromatic carbocycles. The van der Waals surface area contributed by atoms with Gasteiger partial charge in [0.25, 0.3) is 0 Å². The third-order valence-electron chi connectivity index (χ3n) is 6.23. The summed E-state index contributed by atoms with van der Waals surface area (Å²) in [5.41, 5.74) is 5.33. The van der Waals surface area contributed by atoms with Crippen LogP contribution in [0.2, 0.25) is 0 Å². The molecule has 4 nitrogen and oxygen atoms in total. The molecule has 3 aliphatic rings. The van der Waals surface area contributed by atoms with Crippen LogP contribution in [0.1, 0.15) is 31.2 Å². The zero-order chi connectivity index (χ0) is 19.3. The van der Waals surface area contributed by atoms with E-state index in [4.69, 9.17) is 0 Å². The topological polar surface area (TPSA) is 54.1 Å². The Kier molecular flexibility index (Phi) is 5.60. The maximum atomic E-state index is 9.17. The van der Waals surface area contributed by atoms with Crippen molar-refractivity contribution in [3.63, 3.8) is 0 Å². The van der Waals surface area contributed by atoms with E-state index >= 15 is 0 Å². The number of nitrogens with zero attached hydrogens (tertiary/aromatic N) is 4. The number of hydrogen-bond donors (Lipinski definition) is 0. The minimum atomic E-state index is 0.279. The third-order valence-corrected chi connectivity index (χ3v) is 6.23. The van der Waals surface area contributed by atoms with Crippen LogP contribution in [0.25, 0.3) is 0 Å². The second kappa shape index (κ2) is 8.46. The summed E-state index contributed by atoms with van der Waals surface area (Å²) in [7, 11) is 0. The highest BCUT2D eigenvalue weighted by molar-refractivity contribution is 5.49. The first-order valence-electron chi connectivity index (χ1n) is 10.2. The Morgan fingerprint density at radius 2 is 1.64 bits per heavy atom. The fraction of sp³-hybridized carbons (Fsp3) is 0.417. The van der Waals surface area contributed by atoms with Crippen molar-refractivity contribution in [1.29, 1.82) is 10.5 Å². The number of rotatable bonds is 3. The number of nitriles is 2. The molecule has 28 heavy (non-hydrogen) atoms. The van der Waals surface area contributed by atoms with Gasteiger partial charge in [0.05, 0.1) is 0 Å². The maximum absolute atomic E-state index is 9.17. The zero-order valence-corrected chi connectivity index (χ0v) is 16.3. The first kappa shape index (κ1) is 18.5. The van der Waals surface area contributed by atoms with E-state index in [0.29, 0.717) is 5.92 Å². The summed E-state index contributed by atoms with van der Waals surface area (Å²) < 4.78 is 0. The molecule has 2 aliphatic carbocycles. The van der Waals surface area contributed by atoms with Crippen molar-refractivity contribution in [3.05, 3.63) is 70.5 Å². The van der Waals surface area contributed by atoms with Crippen LogP contribution >= 0.6 is 0 Å². The van der Waals surface area contributed by atoms with Crippen LogP contribution in [0.4, 0.5) is 0 Å². The number of benzene rings is 1. The largest absolute Gasteiger partial charge is 0.372 e. The third kappa shape index (κ3) is 4.03. The highest BCUT2D eigenvalue weighted by atomic mass is 15.3. The first-order valence-corrected chi connectivity index (χ1v) is 10.2. The lowest BCUT2D eigenvalue weighted by Gasteiger charge is -2.40. The van der Waals surface area contributed by atoms with Gasteiger partial charge in [-0.2, -0.15) is 10.5 Å². The average Bonchev–Trinajstić information content (AvgIpc) is 2.75. The molecule has 1 unspecified atom stereocenters. The molecule has 0 radical (unpaired) electrons. The van der Waals surface area contributed by atoms with E-state index in [2.05, 4.69) is 64.4 Å². The minimum Gasteiger partial charge on any atom is -0.372 e. The molecule has 0 spiro atoms. The Labute approximate surface area is 167 Å². The predicted molar refractivity (Wildman–Crippen MR) is 110 cm³/mol. The van der Waals surface area contributed by atoms with E-state index in [1.807, 2.05) is 0 Å². The van der Waals surface area contributed by atoms with Gasteiger partial charge in [0.15, 0.2) is 0 Å². The van der Waals surface area contributed by atoms with Crippen LogP contribution in [0.3, 0.4) is 0 Å². The van der Waals surface area contributed by atoms with Crippen molar-refractivity contribution < 1.29 is 0 Å². The number of fused-ring (bicyclic) bond motifs is 1. The highest BCUT2D eigenvalue weighted by Gasteiger charge is 2.27. The fourth-order valence-electron chi connectivity index (χ4n) is 4.59. The van der Waals surface area contributed by atoms with Crippen LogP contribution in [0, 0.1) is 28.6 Å². The summed E-state index contributed by atoms with van der Waals surface area (Å²) in [6.45, 7) is 5.35. The Bertz CT molecular complexity index is 871. The van der Waals surface area contributed by atoms with Crippen molar-refractivity contribution in [3.8, 4) is 12.1 Å². The summed E-state index contributed by atoms with van der Waals surface area (Å²) >= 11 is 0. The number of hydrogen-bond acceptors (Lipinski definition) is 4. The van der Waals surface area contributed by atoms with E-state index in [0.717, 1.165) is 57.6 Å². The summed E-state index contributed by atoms with van der Waals surface area (Å²) in [5.74, 6) is 0.588. The van der Waals surface area contributed by atoms with Gasteiger partial charge in [-0.05, 0) is 54.4 Å². The van der Waals surface area contributed by atoms with Crippen molar-refractivity contribution in [2.24, 2.45) is 5.92 Å². The lowest BCUT2D eigenvalue weighted by atomic mass is 9.77. The van der Waals surface area contributed by atoms with E-state index in [-0.39, 0.29) is 5.57 Å². The van der Waals surface area contributed by atoms with Crippen molar-refractivity contribution >= 4 is 0 Å². The van der Waals surface area contributed by atoms with E-state index in [9.17, 15) is 10.5 Å². The molecule has 4 heteroatoms. The molecule has 1 saturated heterocycles. The van der Waals surface area contributed by atoms with Gasteiger partial charge in [-0.1, -0.05) is 36.4 Å². The lowest BCUT2D eigenvalue weighted by molar-refractivity contribution is 0.147. The average molecular weight is 371 g/mol. The molecule has 4 rings (SSSR count). The first-order chi connectivity index (χ1) is 13.8. The number of allylic oxidation sites excluding steroid dienone is 6. The van der Waals surface area contributed by atoms with E-state index in [1.54, 1.807) is 0 Å². The molecule has 0 bridgehead atoms. The molecule has 1 atom stereocenters. The lowest BCUT2D eigenvalue weighted by Crippen LogP contribution is -2.45. The summed E-state index contributed by atoms with van der Waals surface area (Å²) in [6.07, 6.45) is 8.69. The van der Waals surface area contributed by atoms with Crippen LogP contribution < -0.4 is 0 Å². The Morgan fingerprint density at radius 3 is 2.36 bits per heavy atom. The highest BCUT2D eigenvalue weighted by Crippen LogP contribution is 2.39. The minimum absolute atomic E-state index is 0.279. The molecule has 0 N–H and O–H groups in total. The van der Waals surface area contributed by atoms with Crippen LogP contribution in [0.5, 0.6) is 0 Å². The SMILES string of the molecule is N#CC(C#N)=C1C=C2C=C(N3CCN(Cc4ccccc4)CC3)CCC2CC1. The number of piperazine rings is 1. The van der Waals surface area contributed by atoms with E-state index < -0.39 is 0 Å². The Hall–Kier alpha value is -2.82. The molecule has 0 saturated carbocycles. The van der Waals surface area contributed by atoms with E-state index in [1.165, 1.54) is 23.3 Å². The predicted octanol–water partition coefficient (Wildman–Crippen LogP) is 4.16. The van der Waals surface area contributed by atoms with Crippen LogP contribution in [-0.4, -0.2) is 36.0 Å².